The Morgan fingerprint density at radius 2 is 1.45 bits per heavy atom. The van der Waals surface area contributed by atoms with E-state index in [9.17, 15) is 4.79 Å². The van der Waals surface area contributed by atoms with Crippen molar-refractivity contribution < 1.29 is 20.1 Å². The van der Waals surface area contributed by atoms with Gasteiger partial charge in [-0.25, -0.2) is 0 Å². The Morgan fingerprint density at radius 3 is 1.80 bits per heavy atom. The zero-order chi connectivity index (χ0) is 16.0. The van der Waals surface area contributed by atoms with Gasteiger partial charge in [0, 0.05) is 19.5 Å². The summed E-state index contributed by atoms with van der Waals surface area (Å²) in [6.45, 7) is 8.88. The number of aliphatic carboxylic acids is 1. The molecule has 0 spiro atoms. The number of aliphatic hydroxyl groups is 2. The van der Waals surface area contributed by atoms with Gasteiger partial charge in [-0.2, -0.15) is 0 Å². The van der Waals surface area contributed by atoms with Crippen molar-refractivity contribution in [2.45, 2.75) is 72.0 Å². The molecule has 0 bridgehead atoms. The molecule has 0 saturated carbocycles. The van der Waals surface area contributed by atoms with Gasteiger partial charge in [0.25, 0.3) is 0 Å². The summed E-state index contributed by atoms with van der Waals surface area (Å²) < 4.78 is 0. The first kappa shape index (κ1) is 21.6. The number of carboxylic acid groups (broad SMARTS) is 1. The highest BCUT2D eigenvalue weighted by molar-refractivity contribution is 5.66. The smallest absolute Gasteiger partial charge is 0.303 e. The van der Waals surface area contributed by atoms with Gasteiger partial charge in [-0.05, 0) is 26.2 Å². The summed E-state index contributed by atoms with van der Waals surface area (Å²) in [5.74, 6) is 0.0781. The molecular weight excluding hydrogens is 258 g/mol. The van der Waals surface area contributed by atoms with Gasteiger partial charge in [-0.3, -0.25) is 4.79 Å². The van der Waals surface area contributed by atoms with E-state index in [1.165, 1.54) is 12.8 Å². The molecule has 122 valence electrons. The lowest BCUT2D eigenvalue weighted by Gasteiger charge is -2.07. The zero-order valence-electron chi connectivity index (χ0n) is 13.4. The summed E-state index contributed by atoms with van der Waals surface area (Å²) in [6, 6.07) is 0. The fraction of sp³-hybridized carbons (Fsp3) is 0.933. The van der Waals surface area contributed by atoms with Gasteiger partial charge in [-0.15, -0.1) is 0 Å². The summed E-state index contributed by atoms with van der Waals surface area (Å²) in [6.07, 6.45) is 3.96. The Balaban J connectivity index is 0. The van der Waals surface area contributed by atoms with Crippen LogP contribution in [0.5, 0.6) is 0 Å². The van der Waals surface area contributed by atoms with E-state index in [0.717, 1.165) is 18.8 Å². The maximum atomic E-state index is 10.1. The lowest BCUT2D eigenvalue weighted by molar-refractivity contribution is -0.137. The summed E-state index contributed by atoms with van der Waals surface area (Å²) in [7, 11) is 0. The van der Waals surface area contributed by atoms with E-state index in [2.05, 4.69) is 19.2 Å². The van der Waals surface area contributed by atoms with Crippen molar-refractivity contribution in [1.82, 2.24) is 5.32 Å². The standard InChI is InChI=1S/C9H18O2.C6H15NO2/c1-8(2)6-4-3-5-7-9(10)11;1-5(8)3-7-4-6(2)9/h8H,3-7H2,1-2H3,(H,10,11);5-9H,3-4H2,1-2H3. The maximum absolute atomic E-state index is 10.1. The van der Waals surface area contributed by atoms with Crippen LogP contribution < -0.4 is 5.32 Å². The third-order valence-electron chi connectivity index (χ3n) is 2.55. The van der Waals surface area contributed by atoms with E-state index in [0.29, 0.717) is 19.5 Å². The maximum Gasteiger partial charge on any atom is 0.303 e. The molecule has 0 aliphatic heterocycles. The van der Waals surface area contributed by atoms with E-state index in [1.807, 2.05) is 0 Å². The van der Waals surface area contributed by atoms with Crippen molar-refractivity contribution in [3.05, 3.63) is 0 Å². The molecule has 0 aromatic rings. The van der Waals surface area contributed by atoms with Gasteiger partial charge >= 0.3 is 5.97 Å². The molecular formula is C15H33NO4. The first-order chi connectivity index (χ1) is 9.25. The number of carbonyl (C=O) groups is 1. The summed E-state index contributed by atoms with van der Waals surface area (Å²) >= 11 is 0. The summed E-state index contributed by atoms with van der Waals surface area (Å²) in [5, 5.41) is 28.6. The van der Waals surface area contributed by atoms with Gasteiger partial charge in [0.2, 0.25) is 0 Å². The minimum absolute atomic E-state index is 0.330. The van der Waals surface area contributed by atoms with E-state index in [1.54, 1.807) is 13.8 Å². The zero-order valence-corrected chi connectivity index (χ0v) is 13.4. The molecule has 0 aromatic heterocycles. The fourth-order valence-electron chi connectivity index (χ4n) is 1.51. The van der Waals surface area contributed by atoms with Gasteiger partial charge in [-0.1, -0.05) is 33.1 Å². The Labute approximate surface area is 123 Å². The molecule has 0 fully saturated rings. The highest BCUT2D eigenvalue weighted by atomic mass is 16.4. The number of unbranched alkanes of at least 4 members (excludes halogenated alkanes) is 2. The summed E-state index contributed by atoms with van der Waals surface area (Å²) in [5.41, 5.74) is 0. The fourth-order valence-corrected chi connectivity index (χ4v) is 1.51. The molecule has 20 heavy (non-hydrogen) atoms. The number of rotatable bonds is 10. The van der Waals surface area contributed by atoms with Crippen LogP contribution in [-0.4, -0.2) is 46.6 Å². The molecule has 0 aromatic carbocycles. The number of carboxylic acids is 1. The molecule has 4 N–H and O–H groups in total. The highest BCUT2D eigenvalue weighted by Crippen LogP contribution is 2.08. The number of hydrogen-bond acceptors (Lipinski definition) is 4. The van der Waals surface area contributed by atoms with E-state index >= 15 is 0 Å². The van der Waals surface area contributed by atoms with Crippen LogP contribution in [0.1, 0.15) is 59.8 Å². The van der Waals surface area contributed by atoms with Crippen molar-refractivity contribution >= 4 is 5.97 Å². The predicted octanol–water partition coefficient (Wildman–Crippen LogP) is 2.02. The monoisotopic (exact) mass is 291 g/mol. The normalized spacial score (nSPS) is 13.6. The second kappa shape index (κ2) is 14.8. The van der Waals surface area contributed by atoms with Gasteiger partial charge in [0.05, 0.1) is 12.2 Å². The van der Waals surface area contributed by atoms with Crippen molar-refractivity contribution in [3.8, 4) is 0 Å². The second-order valence-electron chi connectivity index (χ2n) is 5.74. The number of nitrogens with one attached hydrogen (secondary N) is 1. The second-order valence-corrected chi connectivity index (χ2v) is 5.74. The lowest BCUT2D eigenvalue weighted by Crippen LogP contribution is -2.30. The van der Waals surface area contributed by atoms with Crippen LogP contribution in [0, 0.1) is 5.92 Å². The minimum atomic E-state index is -0.672. The van der Waals surface area contributed by atoms with Crippen LogP contribution in [0.15, 0.2) is 0 Å². The topological polar surface area (TPSA) is 89.8 Å². The minimum Gasteiger partial charge on any atom is -0.481 e. The van der Waals surface area contributed by atoms with Gasteiger partial charge in [0.15, 0.2) is 0 Å². The van der Waals surface area contributed by atoms with Crippen LogP contribution in [0.3, 0.4) is 0 Å². The highest BCUT2D eigenvalue weighted by Gasteiger charge is 1.97. The Hall–Kier alpha value is -0.650. The van der Waals surface area contributed by atoms with Gasteiger partial charge in [0.1, 0.15) is 0 Å². The lowest BCUT2D eigenvalue weighted by atomic mass is 10.0. The van der Waals surface area contributed by atoms with Crippen LogP contribution >= 0.6 is 0 Å². The predicted molar refractivity (Wildman–Crippen MR) is 81.8 cm³/mol. The molecule has 0 amide bonds. The molecule has 2 unspecified atom stereocenters. The third-order valence-corrected chi connectivity index (χ3v) is 2.55. The average molecular weight is 291 g/mol. The van der Waals surface area contributed by atoms with Crippen molar-refractivity contribution in [2.75, 3.05) is 13.1 Å². The quantitative estimate of drug-likeness (QED) is 0.462. The van der Waals surface area contributed by atoms with E-state index in [4.69, 9.17) is 15.3 Å². The van der Waals surface area contributed by atoms with Crippen LogP contribution in [0.2, 0.25) is 0 Å². The summed E-state index contributed by atoms with van der Waals surface area (Å²) in [4.78, 5) is 10.1. The van der Waals surface area contributed by atoms with E-state index < -0.39 is 5.97 Å². The van der Waals surface area contributed by atoms with E-state index in [-0.39, 0.29) is 12.2 Å². The molecule has 5 heteroatoms. The number of aliphatic hydroxyl groups excluding tert-OH is 2. The Bertz CT molecular complexity index is 210. The van der Waals surface area contributed by atoms with Crippen LogP contribution in [-0.2, 0) is 4.79 Å². The molecule has 0 saturated heterocycles. The molecule has 0 aliphatic rings. The number of hydrogen-bond donors (Lipinski definition) is 4. The molecule has 0 rings (SSSR count). The molecule has 0 heterocycles. The van der Waals surface area contributed by atoms with Crippen LogP contribution in [0.4, 0.5) is 0 Å². The van der Waals surface area contributed by atoms with Crippen molar-refractivity contribution in [2.24, 2.45) is 5.92 Å². The van der Waals surface area contributed by atoms with Crippen LogP contribution in [0.25, 0.3) is 0 Å². The average Bonchev–Trinajstić information content (AvgIpc) is 2.27. The SMILES string of the molecule is CC(C)CCCCCC(=O)O.CC(O)CNCC(C)O. The first-order valence-corrected chi connectivity index (χ1v) is 7.54. The third kappa shape index (κ3) is 26.0. The Kier molecular flexibility index (Phi) is 16.0. The largest absolute Gasteiger partial charge is 0.481 e. The molecule has 2 atom stereocenters. The Morgan fingerprint density at radius 1 is 0.950 bits per heavy atom. The first-order valence-electron chi connectivity index (χ1n) is 7.54. The molecule has 5 nitrogen and oxygen atoms in total. The molecule has 0 aliphatic carbocycles. The molecule has 0 radical (unpaired) electrons. The van der Waals surface area contributed by atoms with Crippen molar-refractivity contribution in [1.29, 1.82) is 0 Å². The van der Waals surface area contributed by atoms with Crippen molar-refractivity contribution in [3.63, 3.8) is 0 Å². The van der Waals surface area contributed by atoms with Gasteiger partial charge < -0.3 is 20.6 Å².